The van der Waals surface area contributed by atoms with E-state index in [-0.39, 0.29) is 0 Å². The second-order valence-electron chi connectivity index (χ2n) is 4.78. The molecule has 0 heterocycles. The standard InChI is InChI=1S/C18H21ClN2O3/c1-4-23-15-8-6-13(18(11-15)24-5-2)12-20-21-14-7-9-17(22-3)16(19)10-14/h6-12,21H,4-5H2,1-3H3/b20-12+. The first-order valence-corrected chi connectivity index (χ1v) is 8.08. The van der Waals surface area contributed by atoms with Crippen LogP contribution in [0.3, 0.4) is 0 Å². The Kier molecular flexibility index (Phi) is 6.75. The fraction of sp³-hybridized carbons (Fsp3) is 0.278. The van der Waals surface area contributed by atoms with Crippen molar-refractivity contribution in [2.24, 2.45) is 5.10 Å². The maximum atomic E-state index is 6.09. The largest absolute Gasteiger partial charge is 0.495 e. The van der Waals surface area contributed by atoms with Crippen molar-refractivity contribution in [1.29, 1.82) is 0 Å². The molecule has 0 aliphatic rings. The SMILES string of the molecule is CCOc1ccc(/C=N/Nc2ccc(OC)c(Cl)c2)c(OCC)c1. The van der Waals surface area contributed by atoms with Gasteiger partial charge in [-0.25, -0.2) is 0 Å². The van der Waals surface area contributed by atoms with E-state index in [1.807, 2.05) is 38.1 Å². The molecule has 0 radical (unpaired) electrons. The molecule has 2 aromatic carbocycles. The minimum absolute atomic E-state index is 0.522. The highest BCUT2D eigenvalue weighted by molar-refractivity contribution is 6.32. The van der Waals surface area contributed by atoms with E-state index in [2.05, 4.69) is 10.5 Å². The van der Waals surface area contributed by atoms with Gasteiger partial charge in [-0.05, 0) is 44.2 Å². The monoisotopic (exact) mass is 348 g/mol. The van der Waals surface area contributed by atoms with Gasteiger partial charge in [0.2, 0.25) is 0 Å². The molecule has 0 saturated heterocycles. The zero-order chi connectivity index (χ0) is 17.4. The van der Waals surface area contributed by atoms with E-state index in [0.717, 1.165) is 22.7 Å². The fourth-order valence-electron chi connectivity index (χ4n) is 2.07. The van der Waals surface area contributed by atoms with Crippen LogP contribution in [-0.2, 0) is 0 Å². The van der Waals surface area contributed by atoms with Gasteiger partial charge >= 0.3 is 0 Å². The smallest absolute Gasteiger partial charge is 0.137 e. The molecule has 0 amide bonds. The van der Waals surface area contributed by atoms with Crippen molar-refractivity contribution in [2.45, 2.75) is 13.8 Å². The highest BCUT2D eigenvalue weighted by atomic mass is 35.5. The molecular formula is C18H21ClN2O3. The number of hydrogen-bond acceptors (Lipinski definition) is 5. The van der Waals surface area contributed by atoms with Crippen LogP contribution in [0.15, 0.2) is 41.5 Å². The lowest BCUT2D eigenvalue weighted by molar-refractivity contribution is 0.323. The molecule has 0 aromatic heterocycles. The number of rotatable bonds is 8. The number of nitrogens with zero attached hydrogens (tertiary/aromatic N) is 1. The Bertz CT molecular complexity index is 705. The molecule has 2 rings (SSSR count). The first-order chi connectivity index (χ1) is 11.7. The van der Waals surface area contributed by atoms with Crippen molar-refractivity contribution in [1.82, 2.24) is 0 Å². The van der Waals surface area contributed by atoms with Gasteiger partial charge in [0.25, 0.3) is 0 Å². The molecule has 24 heavy (non-hydrogen) atoms. The molecule has 1 N–H and O–H groups in total. The van der Waals surface area contributed by atoms with E-state index >= 15 is 0 Å². The maximum absolute atomic E-state index is 6.09. The molecule has 0 spiro atoms. The normalized spacial score (nSPS) is 10.7. The third-order valence-corrected chi connectivity index (χ3v) is 3.44. The number of nitrogens with one attached hydrogen (secondary N) is 1. The van der Waals surface area contributed by atoms with Crippen LogP contribution >= 0.6 is 11.6 Å². The number of benzene rings is 2. The van der Waals surface area contributed by atoms with Crippen LogP contribution in [0.25, 0.3) is 0 Å². The number of halogens is 1. The third kappa shape index (κ3) is 4.80. The van der Waals surface area contributed by atoms with Crippen molar-refractivity contribution < 1.29 is 14.2 Å². The van der Waals surface area contributed by atoms with Gasteiger partial charge in [0, 0.05) is 11.6 Å². The molecule has 0 aliphatic carbocycles. The van der Waals surface area contributed by atoms with Crippen LogP contribution in [0.1, 0.15) is 19.4 Å². The quantitative estimate of drug-likeness (QED) is 0.560. The number of hydrazone groups is 1. The Balaban J connectivity index is 2.11. The van der Waals surface area contributed by atoms with Gasteiger partial charge in [-0.2, -0.15) is 5.10 Å². The minimum Gasteiger partial charge on any atom is -0.495 e. The summed E-state index contributed by atoms with van der Waals surface area (Å²) in [6.07, 6.45) is 1.69. The Hall–Kier alpha value is -2.40. The van der Waals surface area contributed by atoms with Crippen LogP contribution in [0.4, 0.5) is 5.69 Å². The van der Waals surface area contributed by atoms with Crippen molar-refractivity contribution in [3.63, 3.8) is 0 Å². The summed E-state index contributed by atoms with van der Waals surface area (Å²) in [5, 5.41) is 4.75. The van der Waals surface area contributed by atoms with Crippen molar-refractivity contribution >= 4 is 23.5 Å². The van der Waals surface area contributed by atoms with Gasteiger partial charge in [0.05, 0.1) is 37.2 Å². The van der Waals surface area contributed by atoms with Gasteiger partial charge in [-0.15, -0.1) is 0 Å². The summed E-state index contributed by atoms with van der Waals surface area (Å²) in [5.74, 6) is 2.12. The van der Waals surface area contributed by atoms with Gasteiger partial charge < -0.3 is 14.2 Å². The molecule has 0 bridgehead atoms. The van der Waals surface area contributed by atoms with Crippen LogP contribution in [-0.4, -0.2) is 26.5 Å². The lowest BCUT2D eigenvalue weighted by atomic mass is 10.2. The van der Waals surface area contributed by atoms with E-state index in [1.165, 1.54) is 0 Å². The average Bonchev–Trinajstić information content (AvgIpc) is 2.57. The molecule has 128 valence electrons. The van der Waals surface area contributed by atoms with Crippen LogP contribution in [0.5, 0.6) is 17.2 Å². The van der Waals surface area contributed by atoms with E-state index in [1.54, 1.807) is 25.5 Å². The number of methoxy groups -OCH3 is 1. The van der Waals surface area contributed by atoms with Crippen molar-refractivity contribution in [2.75, 3.05) is 25.7 Å². The van der Waals surface area contributed by atoms with E-state index in [4.69, 9.17) is 25.8 Å². The predicted molar refractivity (Wildman–Crippen MR) is 98.0 cm³/mol. The molecule has 0 fully saturated rings. The Labute approximate surface area is 147 Å². The summed E-state index contributed by atoms with van der Waals surface area (Å²) in [6, 6.07) is 11.0. The summed E-state index contributed by atoms with van der Waals surface area (Å²) in [5.41, 5.74) is 4.56. The van der Waals surface area contributed by atoms with Gasteiger partial charge in [-0.3, -0.25) is 5.43 Å². The third-order valence-electron chi connectivity index (χ3n) is 3.14. The van der Waals surface area contributed by atoms with Gasteiger partial charge in [0.1, 0.15) is 17.2 Å². The highest BCUT2D eigenvalue weighted by Gasteiger charge is 2.04. The molecule has 0 saturated carbocycles. The van der Waals surface area contributed by atoms with Gasteiger partial charge in [0.15, 0.2) is 0 Å². The average molecular weight is 349 g/mol. The molecule has 6 heteroatoms. The van der Waals surface area contributed by atoms with Crippen LogP contribution < -0.4 is 19.6 Å². The minimum atomic E-state index is 0.522. The van der Waals surface area contributed by atoms with E-state index < -0.39 is 0 Å². The summed E-state index contributed by atoms with van der Waals surface area (Å²) in [4.78, 5) is 0. The van der Waals surface area contributed by atoms with Crippen molar-refractivity contribution in [3.05, 3.63) is 47.0 Å². The maximum Gasteiger partial charge on any atom is 0.137 e. The lowest BCUT2D eigenvalue weighted by Gasteiger charge is -2.10. The number of ether oxygens (including phenoxy) is 3. The first kappa shape index (κ1) is 17.9. The highest BCUT2D eigenvalue weighted by Crippen LogP contribution is 2.27. The fourth-order valence-corrected chi connectivity index (χ4v) is 2.33. The zero-order valence-corrected chi connectivity index (χ0v) is 14.8. The second kappa shape index (κ2) is 9.03. The van der Waals surface area contributed by atoms with Crippen LogP contribution in [0, 0.1) is 0 Å². The number of hydrogen-bond donors (Lipinski definition) is 1. The molecule has 2 aromatic rings. The predicted octanol–water partition coefficient (Wildman–Crippen LogP) is 4.59. The second-order valence-corrected chi connectivity index (χ2v) is 5.19. The summed E-state index contributed by atoms with van der Waals surface area (Å²) < 4.78 is 16.3. The van der Waals surface area contributed by atoms with E-state index in [9.17, 15) is 0 Å². The molecular weight excluding hydrogens is 328 g/mol. The molecule has 5 nitrogen and oxygen atoms in total. The van der Waals surface area contributed by atoms with E-state index in [0.29, 0.717) is 24.0 Å². The summed E-state index contributed by atoms with van der Waals surface area (Å²) in [6.45, 7) is 5.06. The molecule has 0 unspecified atom stereocenters. The Morgan fingerprint density at radius 2 is 1.83 bits per heavy atom. The first-order valence-electron chi connectivity index (χ1n) is 7.70. The van der Waals surface area contributed by atoms with Gasteiger partial charge in [-0.1, -0.05) is 11.6 Å². The van der Waals surface area contributed by atoms with Crippen molar-refractivity contribution in [3.8, 4) is 17.2 Å². The Morgan fingerprint density at radius 3 is 2.50 bits per heavy atom. The zero-order valence-electron chi connectivity index (χ0n) is 14.0. The summed E-state index contributed by atoms with van der Waals surface area (Å²) >= 11 is 6.09. The number of anilines is 1. The topological polar surface area (TPSA) is 52.1 Å². The lowest BCUT2D eigenvalue weighted by Crippen LogP contribution is -1.99. The Morgan fingerprint density at radius 1 is 1.04 bits per heavy atom. The molecule has 0 atom stereocenters. The summed E-state index contributed by atoms with van der Waals surface area (Å²) in [7, 11) is 1.58. The molecule has 0 aliphatic heterocycles. The van der Waals surface area contributed by atoms with Crippen LogP contribution in [0.2, 0.25) is 5.02 Å².